The lowest BCUT2D eigenvalue weighted by molar-refractivity contribution is -0.128. The van der Waals surface area contributed by atoms with Gasteiger partial charge in [-0.2, -0.15) is 10.2 Å². The van der Waals surface area contributed by atoms with Crippen LogP contribution < -0.4 is 4.74 Å². The molecule has 126 valence electrons. The van der Waals surface area contributed by atoms with Gasteiger partial charge < -0.3 is 4.74 Å². The van der Waals surface area contributed by atoms with Gasteiger partial charge in [-0.05, 0) is 42.5 Å². The van der Waals surface area contributed by atoms with E-state index < -0.39 is 5.41 Å². The van der Waals surface area contributed by atoms with Gasteiger partial charge in [0.1, 0.15) is 12.4 Å². The highest BCUT2D eigenvalue weighted by molar-refractivity contribution is 6.42. The largest absolute Gasteiger partial charge is 0.486 e. The molecule has 0 unspecified atom stereocenters. The van der Waals surface area contributed by atoms with Crippen LogP contribution in [0.1, 0.15) is 20.8 Å². The predicted molar refractivity (Wildman–Crippen MR) is 97.0 cm³/mol. The third-order valence-corrected chi connectivity index (χ3v) is 3.97. The standard InChI is InChI=1S/C18H18Cl2N2O2/c1-18(2,3)17(23)11-24-14-7-4-12(5-8-14)21-22-13-6-9-15(19)16(20)10-13/h4-10H,11H2,1-3H3. The van der Waals surface area contributed by atoms with Gasteiger partial charge in [-0.1, -0.05) is 44.0 Å². The van der Waals surface area contributed by atoms with Crippen LogP contribution in [0.2, 0.25) is 10.0 Å². The van der Waals surface area contributed by atoms with Gasteiger partial charge in [0.05, 0.1) is 21.4 Å². The highest BCUT2D eigenvalue weighted by atomic mass is 35.5. The summed E-state index contributed by atoms with van der Waals surface area (Å²) in [6.07, 6.45) is 0. The molecular formula is C18H18Cl2N2O2. The zero-order valence-electron chi connectivity index (χ0n) is 13.7. The van der Waals surface area contributed by atoms with Gasteiger partial charge in [-0.25, -0.2) is 0 Å². The number of halogens is 2. The van der Waals surface area contributed by atoms with Crippen molar-refractivity contribution in [2.45, 2.75) is 20.8 Å². The molecule has 2 rings (SSSR count). The Kier molecular flexibility index (Phi) is 5.97. The summed E-state index contributed by atoms with van der Waals surface area (Å²) < 4.78 is 5.49. The molecule has 0 heterocycles. The van der Waals surface area contributed by atoms with Crippen LogP contribution in [0.4, 0.5) is 11.4 Å². The van der Waals surface area contributed by atoms with Crippen LogP contribution in [-0.2, 0) is 4.79 Å². The summed E-state index contributed by atoms with van der Waals surface area (Å²) in [6, 6.07) is 12.1. The minimum atomic E-state index is -0.409. The quantitative estimate of drug-likeness (QED) is 0.576. The third kappa shape index (κ3) is 5.32. The fourth-order valence-corrected chi connectivity index (χ4v) is 1.93. The lowest BCUT2D eigenvalue weighted by Gasteiger charge is -2.16. The van der Waals surface area contributed by atoms with Gasteiger partial charge in [0.2, 0.25) is 0 Å². The number of hydrogen-bond donors (Lipinski definition) is 0. The molecule has 0 spiro atoms. The summed E-state index contributed by atoms with van der Waals surface area (Å²) in [5, 5.41) is 9.13. The maximum atomic E-state index is 11.8. The van der Waals surface area contributed by atoms with Crippen molar-refractivity contribution in [3.8, 4) is 5.75 Å². The van der Waals surface area contributed by atoms with E-state index in [0.29, 0.717) is 27.2 Å². The fraction of sp³-hybridized carbons (Fsp3) is 0.278. The van der Waals surface area contributed by atoms with E-state index in [1.165, 1.54) is 0 Å². The van der Waals surface area contributed by atoms with Crippen molar-refractivity contribution in [3.05, 3.63) is 52.5 Å². The van der Waals surface area contributed by atoms with Gasteiger partial charge in [-0.3, -0.25) is 4.79 Å². The lowest BCUT2D eigenvalue weighted by atomic mass is 9.91. The number of nitrogens with zero attached hydrogens (tertiary/aromatic N) is 2. The van der Waals surface area contributed by atoms with Crippen LogP contribution in [0.5, 0.6) is 5.75 Å². The second-order valence-electron chi connectivity index (χ2n) is 6.25. The average molecular weight is 365 g/mol. The molecule has 0 atom stereocenters. The Balaban J connectivity index is 1.97. The molecule has 24 heavy (non-hydrogen) atoms. The molecule has 2 aromatic carbocycles. The van der Waals surface area contributed by atoms with Crippen molar-refractivity contribution in [2.24, 2.45) is 15.6 Å². The topological polar surface area (TPSA) is 51.0 Å². The lowest BCUT2D eigenvalue weighted by Crippen LogP contribution is -2.26. The van der Waals surface area contributed by atoms with Crippen molar-refractivity contribution in [1.29, 1.82) is 0 Å². The van der Waals surface area contributed by atoms with E-state index >= 15 is 0 Å². The van der Waals surface area contributed by atoms with E-state index in [-0.39, 0.29) is 12.4 Å². The monoisotopic (exact) mass is 364 g/mol. The van der Waals surface area contributed by atoms with Crippen molar-refractivity contribution in [1.82, 2.24) is 0 Å². The molecule has 0 radical (unpaired) electrons. The molecular weight excluding hydrogens is 347 g/mol. The number of ether oxygens (including phenoxy) is 1. The van der Waals surface area contributed by atoms with E-state index in [9.17, 15) is 4.79 Å². The van der Waals surface area contributed by atoms with Crippen LogP contribution in [0.3, 0.4) is 0 Å². The molecule has 2 aromatic rings. The van der Waals surface area contributed by atoms with Crippen molar-refractivity contribution in [3.63, 3.8) is 0 Å². The maximum Gasteiger partial charge on any atom is 0.175 e. The van der Waals surface area contributed by atoms with E-state index in [4.69, 9.17) is 27.9 Å². The molecule has 0 aliphatic rings. The predicted octanol–water partition coefficient (Wildman–Crippen LogP) is 6.40. The van der Waals surface area contributed by atoms with Gasteiger partial charge in [-0.15, -0.1) is 0 Å². The molecule has 6 heteroatoms. The van der Waals surface area contributed by atoms with E-state index in [2.05, 4.69) is 10.2 Å². The second-order valence-corrected chi connectivity index (χ2v) is 7.07. The Labute approximate surface area is 151 Å². The zero-order chi connectivity index (χ0) is 17.7. The summed E-state index contributed by atoms with van der Waals surface area (Å²) in [5.74, 6) is 0.659. The summed E-state index contributed by atoms with van der Waals surface area (Å²) in [4.78, 5) is 11.8. The first-order chi connectivity index (χ1) is 11.3. The first kappa shape index (κ1) is 18.4. The van der Waals surface area contributed by atoms with Crippen LogP contribution in [-0.4, -0.2) is 12.4 Å². The number of benzene rings is 2. The first-order valence-electron chi connectivity index (χ1n) is 7.39. The Morgan fingerprint density at radius 2 is 1.54 bits per heavy atom. The van der Waals surface area contributed by atoms with Crippen molar-refractivity contribution < 1.29 is 9.53 Å². The second kappa shape index (κ2) is 7.77. The van der Waals surface area contributed by atoms with Gasteiger partial charge in [0, 0.05) is 5.41 Å². The minimum Gasteiger partial charge on any atom is -0.486 e. The number of hydrogen-bond acceptors (Lipinski definition) is 4. The molecule has 0 aliphatic carbocycles. The summed E-state index contributed by atoms with van der Waals surface area (Å²) in [6.45, 7) is 5.65. The smallest absolute Gasteiger partial charge is 0.175 e. The molecule has 0 saturated carbocycles. The van der Waals surface area contributed by atoms with Crippen LogP contribution in [0.15, 0.2) is 52.7 Å². The Morgan fingerprint density at radius 1 is 0.958 bits per heavy atom. The van der Waals surface area contributed by atoms with Gasteiger partial charge >= 0.3 is 0 Å². The zero-order valence-corrected chi connectivity index (χ0v) is 15.2. The fourth-order valence-electron chi connectivity index (χ4n) is 1.64. The Morgan fingerprint density at radius 3 is 2.12 bits per heavy atom. The number of ketones is 1. The maximum absolute atomic E-state index is 11.8. The SMILES string of the molecule is CC(C)(C)C(=O)COc1ccc(N=Nc2ccc(Cl)c(Cl)c2)cc1. The number of carbonyl (C=O) groups is 1. The molecule has 0 aromatic heterocycles. The molecule has 0 amide bonds. The number of azo groups is 1. The van der Waals surface area contributed by atoms with Gasteiger partial charge in [0.15, 0.2) is 5.78 Å². The van der Waals surface area contributed by atoms with E-state index in [0.717, 1.165) is 0 Å². The van der Waals surface area contributed by atoms with E-state index in [1.807, 2.05) is 20.8 Å². The number of rotatable bonds is 5. The highest BCUT2D eigenvalue weighted by Crippen LogP contribution is 2.28. The average Bonchev–Trinajstić information content (AvgIpc) is 2.53. The number of carbonyl (C=O) groups excluding carboxylic acids is 1. The number of Topliss-reactive ketones (excluding diaryl/α,β-unsaturated/α-hetero) is 1. The Hall–Kier alpha value is -1.91. The van der Waals surface area contributed by atoms with Crippen molar-refractivity contribution >= 4 is 40.4 Å². The molecule has 0 aliphatic heterocycles. The highest BCUT2D eigenvalue weighted by Gasteiger charge is 2.21. The Bertz CT molecular complexity index is 751. The molecule has 0 N–H and O–H groups in total. The minimum absolute atomic E-state index is 0.0471. The molecule has 0 fully saturated rings. The normalized spacial score (nSPS) is 11.7. The van der Waals surface area contributed by atoms with Crippen molar-refractivity contribution in [2.75, 3.05) is 6.61 Å². The van der Waals surface area contributed by atoms with E-state index in [1.54, 1.807) is 42.5 Å². The van der Waals surface area contributed by atoms with Gasteiger partial charge in [0.25, 0.3) is 0 Å². The summed E-state index contributed by atoms with van der Waals surface area (Å²) in [7, 11) is 0. The van der Waals surface area contributed by atoms with Crippen LogP contribution in [0.25, 0.3) is 0 Å². The molecule has 0 saturated heterocycles. The molecule has 0 bridgehead atoms. The molecule has 4 nitrogen and oxygen atoms in total. The summed E-state index contributed by atoms with van der Waals surface area (Å²) >= 11 is 11.8. The van der Waals surface area contributed by atoms with Crippen LogP contribution in [0, 0.1) is 5.41 Å². The summed E-state index contributed by atoms with van der Waals surface area (Å²) in [5.41, 5.74) is 0.865. The first-order valence-corrected chi connectivity index (χ1v) is 8.14. The van der Waals surface area contributed by atoms with Crippen LogP contribution >= 0.6 is 23.2 Å². The third-order valence-electron chi connectivity index (χ3n) is 3.23.